The maximum Gasteiger partial charge on any atom is 0.194 e. The van der Waals surface area contributed by atoms with Crippen LogP contribution in [0.15, 0.2) is 12.1 Å². The van der Waals surface area contributed by atoms with Gasteiger partial charge in [-0.15, -0.1) is 0 Å². The van der Waals surface area contributed by atoms with E-state index in [1.54, 1.807) is 13.0 Å². The molecule has 4 heteroatoms. The summed E-state index contributed by atoms with van der Waals surface area (Å²) in [6, 6.07) is 4.88. The number of anilines is 1. The van der Waals surface area contributed by atoms with Crippen molar-refractivity contribution in [2.45, 2.75) is 25.4 Å². The van der Waals surface area contributed by atoms with Gasteiger partial charge in [0, 0.05) is 24.6 Å². The maximum atomic E-state index is 13.5. The summed E-state index contributed by atoms with van der Waals surface area (Å²) in [5.74, 6) is -0.364. The zero-order valence-electron chi connectivity index (χ0n) is 8.38. The molecule has 78 valence electrons. The van der Waals surface area contributed by atoms with Crippen molar-refractivity contribution in [2.24, 2.45) is 0 Å². The smallest absolute Gasteiger partial charge is 0.194 e. The molecule has 0 aromatic heterocycles. The Kier molecular flexibility index (Phi) is 2.04. The second-order valence-electron chi connectivity index (χ2n) is 3.86. The van der Waals surface area contributed by atoms with Gasteiger partial charge in [0.15, 0.2) is 17.2 Å². The molecule has 0 spiro atoms. The van der Waals surface area contributed by atoms with Gasteiger partial charge in [0.25, 0.3) is 0 Å². The van der Waals surface area contributed by atoms with E-state index in [4.69, 9.17) is 15.7 Å². The topological polar surface area (TPSA) is 59.0 Å². The summed E-state index contributed by atoms with van der Waals surface area (Å²) < 4.78 is 18.9. The van der Waals surface area contributed by atoms with E-state index in [2.05, 4.69) is 0 Å². The largest absolute Gasteiger partial charge is 0.469 e. The van der Waals surface area contributed by atoms with Gasteiger partial charge in [-0.05, 0) is 18.6 Å². The summed E-state index contributed by atoms with van der Waals surface area (Å²) in [6.45, 7) is 1.71. The van der Waals surface area contributed by atoms with Crippen LogP contribution in [0, 0.1) is 24.1 Å². The molecule has 1 aromatic rings. The molecule has 0 unspecified atom stereocenters. The lowest BCUT2D eigenvalue weighted by Crippen LogP contribution is -2.16. The Morgan fingerprint density at radius 2 is 2.20 bits per heavy atom. The van der Waals surface area contributed by atoms with Gasteiger partial charge in [0.2, 0.25) is 0 Å². The molecule has 2 N–H and O–H groups in total. The van der Waals surface area contributed by atoms with E-state index >= 15 is 0 Å². The van der Waals surface area contributed by atoms with Crippen LogP contribution in [0.2, 0.25) is 0 Å². The predicted molar refractivity (Wildman–Crippen MR) is 53.8 cm³/mol. The van der Waals surface area contributed by atoms with Crippen molar-refractivity contribution in [1.82, 2.24) is 0 Å². The molecular weight excluding hydrogens is 195 g/mol. The summed E-state index contributed by atoms with van der Waals surface area (Å²) in [6.07, 6.45) is 1.32. The summed E-state index contributed by atoms with van der Waals surface area (Å²) >= 11 is 0. The normalized spacial score (nSPS) is 16.9. The van der Waals surface area contributed by atoms with Gasteiger partial charge >= 0.3 is 0 Å². The molecular formula is C11H11FN2O. The first kappa shape index (κ1) is 9.78. The molecule has 1 aliphatic carbocycles. The lowest BCUT2D eigenvalue weighted by Gasteiger charge is -2.14. The van der Waals surface area contributed by atoms with Crippen molar-refractivity contribution in [1.29, 1.82) is 5.26 Å². The van der Waals surface area contributed by atoms with E-state index in [1.165, 1.54) is 6.07 Å². The molecule has 3 nitrogen and oxygen atoms in total. The van der Waals surface area contributed by atoms with Gasteiger partial charge in [-0.3, -0.25) is 0 Å². The average Bonchev–Trinajstić information content (AvgIpc) is 2.92. The number of nitriles is 1. The molecule has 0 atom stereocenters. The van der Waals surface area contributed by atoms with Crippen molar-refractivity contribution in [3.63, 3.8) is 0 Å². The molecule has 0 saturated heterocycles. The molecule has 1 aromatic carbocycles. The number of nitrogens with zero attached hydrogens (tertiary/aromatic N) is 1. The highest BCUT2D eigenvalue weighted by Crippen LogP contribution is 2.41. The fourth-order valence-electron chi connectivity index (χ4n) is 1.43. The fourth-order valence-corrected chi connectivity index (χ4v) is 1.43. The van der Waals surface area contributed by atoms with Gasteiger partial charge in [-0.25, -0.2) is 4.39 Å². The quantitative estimate of drug-likeness (QED) is 0.754. The standard InChI is InChI=1S/C11H11FN2O/c1-7-4-8(14)5-9(12)10(7)15-11(6-13)2-3-11/h4-5H,2-3,14H2,1H3. The van der Waals surface area contributed by atoms with Crippen LogP contribution in [0.25, 0.3) is 0 Å². The molecule has 0 heterocycles. The number of nitrogens with two attached hydrogens (primary N) is 1. The number of halogens is 1. The minimum absolute atomic E-state index is 0.142. The summed E-state index contributed by atoms with van der Waals surface area (Å²) in [5, 5.41) is 8.83. The number of benzene rings is 1. The van der Waals surface area contributed by atoms with Crippen LogP contribution < -0.4 is 10.5 Å². The van der Waals surface area contributed by atoms with Crippen LogP contribution in [-0.2, 0) is 0 Å². The Labute approximate surface area is 87.3 Å². The summed E-state index contributed by atoms with van der Waals surface area (Å²) in [5.41, 5.74) is 5.66. The third kappa shape index (κ3) is 1.73. The Balaban J connectivity index is 2.33. The summed E-state index contributed by atoms with van der Waals surface area (Å²) in [4.78, 5) is 0. The van der Waals surface area contributed by atoms with E-state index in [-0.39, 0.29) is 5.75 Å². The number of hydrogen-bond acceptors (Lipinski definition) is 3. The first-order chi connectivity index (χ1) is 7.06. The van der Waals surface area contributed by atoms with Crippen molar-refractivity contribution < 1.29 is 9.13 Å². The minimum atomic E-state index is -0.804. The summed E-state index contributed by atoms with van der Waals surface area (Å²) in [7, 11) is 0. The van der Waals surface area contributed by atoms with E-state index in [1.807, 2.05) is 6.07 Å². The van der Waals surface area contributed by atoms with Crippen LogP contribution in [-0.4, -0.2) is 5.60 Å². The Bertz CT molecular complexity index is 423. The van der Waals surface area contributed by atoms with Crippen LogP contribution in [0.5, 0.6) is 5.75 Å². The monoisotopic (exact) mass is 206 g/mol. The molecule has 0 bridgehead atoms. The highest BCUT2D eigenvalue weighted by Gasteiger charge is 2.47. The van der Waals surface area contributed by atoms with Gasteiger partial charge < -0.3 is 10.5 Å². The van der Waals surface area contributed by atoms with Gasteiger partial charge in [0.05, 0.1) is 0 Å². The van der Waals surface area contributed by atoms with E-state index in [0.29, 0.717) is 24.1 Å². The number of aryl methyl sites for hydroxylation is 1. The number of hydrogen-bond donors (Lipinski definition) is 1. The van der Waals surface area contributed by atoms with Gasteiger partial charge in [-0.2, -0.15) is 5.26 Å². The van der Waals surface area contributed by atoms with Crippen molar-refractivity contribution in [3.05, 3.63) is 23.5 Å². The lowest BCUT2D eigenvalue weighted by atomic mass is 10.2. The van der Waals surface area contributed by atoms with E-state index in [0.717, 1.165) is 0 Å². The zero-order chi connectivity index (χ0) is 11.1. The highest BCUT2D eigenvalue weighted by atomic mass is 19.1. The van der Waals surface area contributed by atoms with Gasteiger partial charge in [0.1, 0.15) is 6.07 Å². The fraction of sp³-hybridized carbons (Fsp3) is 0.364. The molecule has 15 heavy (non-hydrogen) atoms. The second kappa shape index (κ2) is 3.13. The van der Waals surface area contributed by atoms with Crippen molar-refractivity contribution in [2.75, 3.05) is 5.73 Å². The van der Waals surface area contributed by atoms with E-state index < -0.39 is 11.4 Å². The third-order valence-electron chi connectivity index (χ3n) is 2.46. The molecule has 1 aliphatic rings. The number of rotatable bonds is 2. The first-order valence-electron chi connectivity index (χ1n) is 4.72. The third-order valence-corrected chi connectivity index (χ3v) is 2.46. The maximum absolute atomic E-state index is 13.5. The Hall–Kier alpha value is -1.76. The number of ether oxygens (including phenoxy) is 1. The van der Waals surface area contributed by atoms with Crippen molar-refractivity contribution >= 4 is 5.69 Å². The van der Waals surface area contributed by atoms with Crippen LogP contribution >= 0.6 is 0 Å². The van der Waals surface area contributed by atoms with Crippen LogP contribution in [0.1, 0.15) is 18.4 Å². The lowest BCUT2D eigenvalue weighted by molar-refractivity contribution is 0.224. The van der Waals surface area contributed by atoms with E-state index in [9.17, 15) is 4.39 Å². The SMILES string of the molecule is Cc1cc(N)cc(F)c1OC1(C#N)CC1. The van der Waals surface area contributed by atoms with Crippen molar-refractivity contribution in [3.8, 4) is 11.8 Å². The van der Waals surface area contributed by atoms with Crippen LogP contribution in [0.3, 0.4) is 0 Å². The Morgan fingerprint density at radius 3 is 2.67 bits per heavy atom. The average molecular weight is 206 g/mol. The molecule has 1 fully saturated rings. The molecule has 0 aliphatic heterocycles. The predicted octanol–water partition coefficient (Wildman–Crippen LogP) is 2.15. The Morgan fingerprint density at radius 1 is 1.53 bits per heavy atom. The molecule has 2 rings (SSSR count). The first-order valence-corrected chi connectivity index (χ1v) is 4.72. The highest BCUT2D eigenvalue weighted by molar-refractivity contribution is 5.49. The zero-order valence-corrected chi connectivity index (χ0v) is 8.38. The number of nitrogen functional groups attached to an aromatic ring is 1. The minimum Gasteiger partial charge on any atom is -0.469 e. The second-order valence-corrected chi connectivity index (χ2v) is 3.86. The van der Waals surface area contributed by atoms with Gasteiger partial charge in [-0.1, -0.05) is 0 Å². The molecule has 0 radical (unpaired) electrons. The molecule has 0 amide bonds. The molecule has 1 saturated carbocycles. The van der Waals surface area contributed by atoms with Crippen LogP contribution in [0.4, 0.5) is 10.1 Å².